The van der Waals surface area contributed by atoms with Crippen molar-refractivity contribution in [3.8, 4) is 0 Å². The molecular formula is C25H28N2O4. The number of hydrogen-bond acceptors (Lipinski definition) is 4. The van der Waals surface area contributed by atoms with Crippen molar-refractivity contribution in [3.05, 3.63) is 84.4 Å². The van der Waals surface area contributed by atoms with E-state index in [-0.39, 0.29) is 12.2 Å². The lowest BCUT2D eigenvalue weighted by Gasteiger charge is -2.18. The Hall–Kier alpha value is -3.19. The Balaban J connectivity index is 0.000000254. The molecule has 0 saturated carbocycles. The van der Waals surface area contributed by atoms with Gasteiger partial charge in [0.15, 0.2) is 0 Å². The van der Waals surface area contributed by atoms with Gasteiger partial charge < -0.3 is 29.6 Å². The minimum absolute atomic E-state index is 0.147. The number of fused-ring (bicyclic) bond motifs is 3. The number of nitrogens with one attached hydrogen (secondary N) is 1. The molecular weight excluding hydrogens is 392 g/mol. The predicted molar refractivity (Wildman–Crippen MR) is 120 cm³/mol. The molecule has 2 unspecified atom stereocenters. The molecule has 0 saturated heterocycles. The van der Waals surface area contributed by atoms with Gasteiger partial charge in [-0.3, -0.25) is 0 Å². The summed E-state index contributed by atoms with van der Waals surface area (Å²) in [6.07, 6.45) is -0.439. The molecule has 3 N–H and O–H groups in total. The van der Waals surface area contributed by atoms with Gasteiger partial charge in [0.1, 0.15) is 19.2 Å². The molecule has 0 aliphatic heterocycles. The molecule has 162 valence electrons. The van der Waals surface area contributed by atoms with Crippen molar-refractivity contribution in [2.45, 2.75) is 12.6 Å². The van der Waals surface area contributed by atoms with Gasteiger partial charge in [0.05, 0.1) is 26.2 Å². The number of aromatic nitrogens is 1. The predicted octanol–water partition coefficient (Wildman–Crippen LogP) is 0.713. The van der Waals surface area contributed by atoms with Crippen LogP contribution < -0.4 is 10.0 Å². The standard InChI is InChI=1S/C18H22N2O2.C7H6O2/c1-19(10-11-21)12-14(22)13-20-17-8-4-2-6-15(17)16-7-3-5-9-18(16)20;8-7(9)6-4-2-1-3-5-6/h2-9,14,21-22H,10-13H2,1H3;1-5H,(H,8,9). The molecule has 0 aliphatic carbocycles. The van der Waals surface area contributed by atoms with E-state index in [9.17, 15) is 15.0 Å². The number of aliphatic hydroxyl groups excluding tert-OH is 2. The first-order valence-corrected chi connectivity index (χ1v) is 10.3. The Bertz CT molecular complexity index is 1070. The quantitative estimate of drug-likeness (QED) is 0.411. The van der Waals surface area contributed by atoms with E-state index in [1.807, 2.05) is 19.2 Å². The number of aliphatic hydroxyl groups is 2. The molecule has 1 heterocycles. The molecule has 0 aliphatic rings. The minimum atomic E-state index is -1.13. The molecule has 2 atom stereocenters. The van der Waals surface area contributed by atoms with Gasteiger partial charge >= 0.3 is 0 Å². The van der Waals surface area contributed by atoms with E-state index in [4.69, 9.17) is 5.11 Å². The number of aromatic carboxylic acids is 1. The normalized spacial score (nSPS) is 12.9. The summed E-state index contributed by atoms with van der Waals surface area (Å²) in [5, 5.41) is 31.9. The number of quaternary nitrogens is 1. The van der Waals surface area contributed by atoms with Crippen LogP contribution in [0.4, 0.5) is 0 Å². The number of benzene rings is 3. The molecule has 31 heavy (non-hydrogen) atoms. The van der Waals surface area contributed by atoms with Gasteiger partial charge in [-0.2, -0.15) is 0 Å². The second-order valence-electron chi connectivity index (χ2n) is 7.59. The lowest BCUT2D eigenvalue weighted by molar-refractivity contribution is -0.883. The fourth-order valence-electron chi connectivity index (χ4n) is 3.74. The van der Waals surface area contributed by atoms with Crippen LogP contribution in [0.15, 0.2) is 78.9 Å². The molecule has 1 aromatic heterocycles. The van der Waals surface area contributed by atoms with Gasteiger partial charge in [-0.25, -0.2) is 0 Å². The van der Waals surface area contributed by atoms with Crippen molar-refractivity contribution in [2.75, 3.05) is 26.7 Å². The number of para-hydroxylation sites is 2. The summed E-state index contributed by atoms with van der Waals surface area (Å²) in [6.45, 7) is 2.00. The molecule has 6 heteroatoms. The van der Waals surface area contributed by atoms with Crippen LogP contribution in [0.1, 0.15) is 10.4 Å². The second-order valence-corrected chi connectivity index (χ2v) is 7.59. The van der Waals surface area contributed by atoms with Crippen LogP contribution in [0.2, 0.25) is 0 Å². The number of carboxylic acids is 1. The van der Waals surface area contributed by atoms with E-state index in [0.717, 1.165) is 15.9 Å². The van der Waals surface area contributed by atoms with Gasteiger partial charge in [-0.1, -0.05) is 66.7 Å². The highest BCUT2D eigenvalue weighted by molar-refractivity contribution is 6.07. The van der Waals surface area contributed by atoms with Crippen molar-refractivity contribution in [3.63, 3.8) is 0 Å². The highest BCUT2D eigenvalue weighted by Gasteiger charge is 2.16. The SMILES string of the molecule is C[NH+](CCO)CC(O)Cn1c2ccccc2c2ccccc21.O=C([O-])c1ccccc1. The van der Waals surface area contributed by atoms with Crippen molar-refractivity contribution in [1.82, 2.24) is 4.57 Å². The van der Waals surface area contributed by atoms with Crippen LogP contribution in [0, 0.1) is 0 Å². The Morgan fingerprint density at radius 3 is 1.94 bits per heavy atom. The monoisotopic (exact) mass is 420 g/mol. The number of hydrogen-bond donors (Lipinski definition) is 3. The zero-order valence-electron chi connectivity index (χ0n) is 17.6. The average molecular weight is 421 g/mol. The van der Waals surface area contributed by atoms with Crippen molar-refractivity contribution in [2.24, 2.45) is 0 Å². The first kappa shape index (κ1) is 22.5. The topological polar surface area (TPSA) is 90.0 Å². The highest BCUT2D eigenvalue weighted by atomic mass is 16.4. The number of carboxylic acid groups (broad SMARTS) is 1. The number of carbonyl (C=O) groups excluding carboxylic acids is 1. The molecule has 0 radical (unpaired) electrons. The summed E-state index contributed by atoms with van der Waals surface area (Å²) in [5.74, 6) is -1.13. The van der Waals surface area contributed by atoms with Gasteiger partial charge in [0.2, 0.25) is 0 Å². The van der Waals surface area contributed by atoms with Crippen LogP contribution in [0.5, 0.6) is 0 Å². The van der Waals surface area contributed by atoms with E-state index in [2.05, 4.69) is 41.0 Å². The van der Waals surface area contributed by atoms with Gasteiger partial charge in [0.25, 0.3) is 0 Å². The number of carbonyl (C=O) groups is 1. The first-order chi connectivity index (χ1) is 15.0. The zero-order valence-corrected chi connectivity index (χ0v) is 17.6. The molecule has 4 rings (SSSR count). The summed E-state index contributed by atoms with van der Waals surface area (Å²) in [5.41, 5.74) is 2.53. The number of likely N-dealkylation sites (N-methyl/N-ethyl adjacent to an activating group) is 1. The molecule has 6 nitrogen and oxygen atoms in total. The van der Waals surface area contributed by atoms with Crippen LogP contribution in [0.25, 0.3) is 21.8 Å². The molecule has 0 bridgehead atoms. The van der Waals surface area contributed by atoms with Crippen LogP contribution in [-0.4, -0.2) is 53.6 Å². The lowest BCUT2D eigenvalue weighted by Crippen LogP contribution is -3.10. The highest BCUT2D eigenvalue weighted by Crippen LogP contribution is 2.28. The maximum atomic E-state index is 10.4. The summed E-state index contributed by atoms with van der Waals surface area (Å²) >= 11 is 0. The summed E-state index contributed by atoms with van der Waals surface area (Å²) in [4.78, 5) is 11.2. The number of nitrogens with zero attached hydrogens (tertiary/aromatic N) is 1. The summed E-state index contributed by atoms with van der Waals surface area (Å²) < 4.78 is 2.20. The third kappa shape index (κ3) is 5.70. The maximum Gasteiger partial charge on any atom is 0.121 e. The number of rotatable bonds is 7. The van der Waals surface area contributed by atoms with E-state index in [1.54, 1.807) is 18.2 Å². The lowest BCUT2D eigenvalue weighted by atomic mass is 10.2. The summed E-state index contributed by atoms with van der Waals surface area (Å²) in [6, 6.07) is 24.7. The third-order valence-corrected chi connectivity index (χ3v) is 5.21. The molecule has 0 spiro atoms. The van der Waals surface area contributed by atoms with Crippen molar-refractivity contribution >= 4 is 27.8 Å². The third-order valence-electron chi connectivity index (χ3n) is 5.21. The molecule has 0 amide bonds. The van der Waals surface area contributed by atoms with Crippen molar-refractivity contribution < 1.29 is 25.0 Å². The van der Waals surface area contributed by atoms with Gasteiger partial charge in [-0.15, -0.1) is 0 Å². The van der Waals surface area contributed by atoms with E-state index < -0.39 is 12.1 Å². The Labute approximate surface area is 181 Å². The molecule has 4 aromatic rings. The van der Waals surface area contributed by atoms with E-state index in [1.165, 1.54) is 22.9 Å². The second kappa shape index (κ2) is 10.7. The fourth-order valence-corrected chi connectivity index (χ4v) is 3.74. The Kier molecular flexibility index (Phi) is 7.78. The Morgan fingerprint density at radius 1 is 0.935 bits per heavy atom. The maximum absolute atomic E-state index is 10.4. The molecule has 0 fully saturated rings. The van der Waals surface area contributed by atoms with Crippen LogP contribution >= 0.6 is 0 Å². The van der Waals surface area contributed by atoms with Gasteiger partial charge in [0, 0.05) is 21.8 Å². The average Bonchev–Trinajstić information content (AvgIpc) is 3.09. The largest absolute Gasteiger partial charge is 0.545 e. The van der Waals surface area contributed by atoms with Crippen LogP contribution in [0.3, 0.4) is 0 Å². The fraction of sp³-hybridized carbons (Fsp3) is 0.240. The van der Waals surface area contributed by atoms with Gasteiger partial charge in [-0.05, 0) is 17.7 Å². The van der Waals surface area contributed by atoms with Crippen LogP contribution in [-0.2, 0) is 6.54 Å². The smallest absolute Gasteiger partial charge is 0.121 e. The van der Waals surface area contributed by atoms with Crippen molar-refractivity contribution in [1.29, 1.82) is 0 Å². The minimum Gasteiger partial charge on any atom is -0.545 e. The zero-order chi connectivity index (χ0) is 22.2. The molecule has 3 aromatic carbocycles. The summed E-state index contributed by atoms with van der Waals surface area (Å²) in [7, 11) is 1.99. The Morgan fingerprint density at radius 2 is 1.45 bits per heavy atom. The van der Waals surface area contributed by atoms with E-state index >= 15 is 0 Å². The first-order valence-electron chi connectivity index (χ1n) is 10.3. The van der Waals surface area contributed by atoms with E-state index in [0.29, 0.717) is 19.6 Å².